The van der Waals surface area contributed by atoms with Crippen molar-refractivity contribution in [2.45, 2.75) is 25.3 Å². The number of carbonyl (C=O) groups excluding carboxylic acids is 1. The Morgan fingerprint density at radius 1 is 1.29 bits per heavy atom. The highest BCUT2D eigenvalue weighted by molar-refractivity contribution is 6.02. The van der Waals surface area contributed by atoms with E-state index in [4.69, 9.17) is 10.1 Å². The molecular weight excluding hydrogens is 416 g/mol. The summed E-state index contributed by atoms with van der Waals surface area (Å²) in [5.41, 5.74) is 0.249. The number of halogens is 4. The third kappa shape index (κ3) is 5.32. The van der Waals surface area contributed by atoms with Crippen molar-refractivity contribution in [3.05, 3.63) is 64.5 Å². The molecular formula is C21H22F4N4O2. The molecule has 0 spiro atoms. The molecule has 0 saturated carbocycles. The number of hydrogen-bond acceptors (Lipinski definition) is 6. The molecule has 0 aliphatic heterocycles. The average Bonchev–Trinajstić information content (AvgIpc) is 2.73. The molecule has 1 N–H and O–H groups in total. The Kier molecular flexibility index (Phi) is 7.61. The van der Waals surface area contributed by atoms with E-state index in [0.29, 0.717) is 17.5 Å². The molecule has 10 heteroatoms. The third-order valence-corrected chi connectivity index (χ3v) is 5.03. The van der Waals surface area contributed by atoms with Gasteiger partial charge in [0.15, 0.2) is 17.9 Å². The Labute approximate surface area is 177 Å². The molecule has 31 heavy (non-hydrogen) atoms. The molecule has 0 aliphatic carbocycles. The Morgan fingerprint density at radius 3 is 2.48 bits per heavy atom. The van der Waals surface area contributed by atoms with Crippen molar-refractivity contribution in [1.82, 2.24) is 9.88 Å². The first-order valence-electron chi connectivity index (χ1n) is 9.12. The summed E-state index contributed by atoms with van der Waals surface area (Å²) in [6, 6.07) is 4.94. The van der Waals surface area contributed by atoms with Gasteiger partial charge in [0.2, 0.25) is 5.90 Å². The van der Waals surface area contributed by atoms with Crippen LogP contribution in [0.25, 0.3) is 0 Å². The Hall–Kier alpha value is -3.14. The summed E-state index contributed by atoms with van der Waals surface area (Å²) >= 11 is 0. The van der Waals surface area contributed by atoms with Crippen LogP contribution in [0.5, 0.6) is 0 Å². The van der Waals surface area contributed by atoms with Gasteiger partial charge in [0.25, 0.3) is 5.90 Å². The molecule has 1 aromatic heterocycles. The summed E-state index contributed by atoms with van der Waals surface area (Å²) in [6.07, 6.45) is -1.14. The summed E-state index contributed by atoms with van der Waals surface area (Å²) in [5, 5.41) is 7.15. The minimum atomic E-state index is -3.12. The van der Waals surface area contributed by atoms with Crippen LogP contribution in [0.15, 0.2) is 35.5 Å². The first kappa shape index (κ1) is 24.1. The van der Waals surface area contributed by atoms with Crippen LogP contribution in [0.3, 0.4) is 0 Å². The highest BCUT2D eigenvalue weighted by Gasteiger charge is 2.32. The number of pyridine rings is 1. The second-order valence-electron chi connectivity index (χ2n) is 7.15. The molecule has 6 nitrogen and oxygen atoms in total. The standard InChI is InChI=1S/C21H22F4N4O2/c1-21(29(3)4,14-5-6-15(22)16(23)8-14)9-17-13(11-30)7-12(10-28-17)20(27-2)31-19(26)18(24)25/h5-8,10-11,18,26H,9H2,1-4H3. The summed E-state index contributed by atoms with van der Waals surface area (Å²) in [4.78, 5) is 21.5. The fraction of sp³-hybridized carbons (Fsp3) is 0.333. The van der Waals surface area contributed by atoms with Crippen LogP contribution < -0.4 is 0 Å². The van der Waals surface area contributed by atoms with Gasteiger partial charge >= 0.3 is 6.43 Å². The average molecular weight is 438 g/mol. The van der Waals surface area contributed by atoms with Crippen LogP contribution in [0.2, 0.25) is 0 Å². The van der Waals surface area contributed by atoms with E-state index in [9.17, 15) is 22.4 Å². The zero-order valence-electron chi connectivity index (χ0n) is 17.4. The summed E-state index contributed by atoms with van der Waals surface area (Å²) < 4.78 is 57.2. The summed E-state index contributed by atoms with van der Waals surface area (Å²) in [7, 11) is 4.79. The molecule has 2 aromatic rings. The van der Waals surface area contributed by atoms with Crippen LogP contribution in [-0.4, -0.2) is 55.5 Å². The Balaban J connectivity index is 2.44. The number of nitrogens with one attached hydrogen (secondary N) is 1. The smallest absolute Gasteiger partial charge is 0.312 e. The SMILES string of the molecule is CN=C(OC(=N)C(F)F)c1cnc(CC(C)(c2ccc(F)c(F)c2)N(C)C)c(C=O)c1. The number of aldehydes is 1. The number of aliphatic imine (C=N–C) groups is 1. The quantitative estimate of drug-likeness (QED) is 0.309. The molecule has 0 radical (unpaired) electrons. The first-order valence-corrected chi connectivity index (χ1v) is 9.12. The third-order valence-electron chi connectivity index (χ3n) is 5.03. The number of carbonyl (C=O) groups is 1. The van der Waals surface area contributed by atoms with E-state index in [1.165, 1.54) is 25.4 Å². The van der Waals surface area contributed by atoms with Gasteiger partial charge in [-0.15, -0.1) is 0 Å². The molecule has 0 amide bonds. The molecule has 0 bridgehead atoms. The maximum Gasteiger partial charge on any atom is 0.312 e. The van der Waals surface area contributed by atoms with Crippen LogP contribution in [0, 0.1) is 17.0 Å². The van der Waals surface area contributed by atoms with Crippen molar-refractivity contribution < 1.29 is 27.1 Å². The van der Waals surface area contributed by atoms with Crippen molar-refractivity contribution in [1.29, 1.82) is 5.41 Å². The van der Waals surface area contributed by atoms with E-state index in [0.717, 1.165) is 12.1 Å². The van der Waals surface area contributed by atoms with E-state index in [2.05, 4.69) is 9.98 Å². The van der Waals surface area contributed by atoms with Crippen LogP contribution in [0.1, 0.15) is 34.1 Å². The van der Waals surface area contributed by atoms with Crippen molar-refractivity contribution in [3.63, 3.8) is 0 Å². The van der Waals surface area contributed by atoms with Crippen molar-refractivity contribution in [3.8, 4) is 0 Å². The van der Waals surface area contributed by atoms with Gasteiger partial charge in [-0.3, -0.25) is 25.1 Å². The fourth-order valence-corrected chi connectivity index (χ4v) is 2.93. The topological polar surface area (TPSA) is 78.6 Å². The van der Waals surface area contributed by atoms with Crippen LogP contribution in [0.4, 0.5) is 17.6 Å². The second kappa shape index (κ2) is 9.78. The van der Waals surface area contributed by atoms with Crippen molar-refractivity contribution in [2.24, 2.45) is 4.99 Å². The number of alkyl halides is 2. The molecule has 0 saturated heterocycles. The zero-order chi connectivity index (χ0) is 23.3. The van der Waals surface area contributed by atoms with Gasteiger partial charge in [-0.25, -0.2) is 8.78 Å². The van der Waals surface area contributed by atoms with Gasteiger partial charge in [-0.05, 0) is 44.8 Å². The molecule has 1 atom stereocenters. The Morgan fingerprint density at radius 2 is 1.97 bits per heavy atom. The number of hydrogen-bond donors (Lipinski definition) is 1. The lowest BCUT2D eigenvalue weighted by molar-refractivity contribution is 0.111. The number of ether oxygens (including phenoxy) is 1. The van der Waals surface area contributed by atoms with E-state index in [1.54, 1.807) is 25.9 Å². The lowest BCUT2D eigenvalue weighted by atomic mass is 9.84. The van der Waals surface area contributed by atoms with Crippen LogP contribution >= 0.6 is 0 Å². The van der Waals surface area contributed by atoms with E-state index in [1.807, 2.05) is 0 Å². The highest BCUT2D eigenvalue weighted by Crippen LogP contribution is 2.31. The molecule has 1 unspecified atom stereocenters. The maximum atomic E-state index is 13.8. The minimum absolute atomic E-state index is 0.137. The minimum Gasteiger partial charge on any atom is -0.419 e. The molecule has 0 aliphatic rings. The maximum absolute atomic E-state index is 13.8. The molecule has 1 aromatic carbocycles. The Bertz CT molecular complexity index is 1010. The van der Waals surface area contributed by atoms with Crippen molar-refractivity contribution >= 4 is 18.1 Å². The second-order valence-corrected chi connectivity index (χ2v) is 7.15. The fourth-order valence-electron chi connectivity index (χ4n) is 2.93. The predicted molar refractivity (Wildman–Crippen MR) is 108 cm³/mol. The van der Waals surface area contributed by atoms with Gasteiger partial charge in [0.05, 0.1) is 11.3 Å². The summed E-state index contributed by atoms with van der Waals surface area (Å²) in [6.45, 7) is 1.79. The number of nitrogens with zero attached hydrogens (tertiary/aromatic N) is 3. The zero-order valence-corrected chi connectivity index (χ0v) is 17.4. The van der Waals surface area contributed by atoms with Crippen LogP contribution in [-0.2, 0) is 16.7 Å². The number of benzene rings is 1. The van der Waals surface area contributed by atoms with Crippen molar-refractivity contribution in [2.75, 3.05) is 21.1 Å². The summed E-state index contributed by atoms with van der Waals surface area (Å²) in [5.74, 6) is -3.53. The van der Waals surface area contributed by atoms with Gasteiger partial charge in [-0.2, -0.15) is 8.78 Å². The van der Waals surface area contributed by atoms with E-state index >= 15 is 0 Å². The highest BCUT2D eigenvalue weighted by atomic mass is 19.3. The van der Waals surface area contributed by atoms with Gasteiger partial charge in [0.1, 0.15) is 0 Å². The molecule has 1 heterocycles. The van der Waals surface area contributed by atoms with Gasteiger partial charge < -0.3 is 4.74 Å². The number of aromatic nitrogens is 1. The van der Waals surface area contributed by atoms with E-state index < -0.39 is 29.5 Å². The normalized spacial score (nSPS) is 13.9. The molecule has 0 fully saturated rings. The molecule has 166 valence electrons. The number of likely N-dealkylation sites (N-methyl/N-ethyl adjacent to an activating group) is 1. The number of rotatable bonds is 7. The monoisotopic (exact) mass is 438 g/mol. The lowest BCUT2D eigenvalue weighted by Gasteiger charge is -2.37. The predicted octanol–water partition coefficient (Wildman–Crippen LogP) is 3.83. The first-order chi connectivity index (χ1) is 14.5. The largest absolute Gasteiger partial charge is 0.419 e. The van der Waals surface area contributed by atoms with Gasteiger partial charge in [0, 0.05) is 30.8 Å². The van der Waals surface area contributed by atoms with Gasteiger partial charge in [-0.1, -0.05) is 6.07 Å². The lowest BCUT2D eigenvalue weighted by Crippen LogP contribution is -2.41. The molecule has 2 rings (SSSR count). The van der Waals surface area contributed by atoms with E-state index in [-0.39, 0.29) is 23.4 Å².